The Morgan fingerprint density at radius 1 is 1.15 bits per heavy atom. The van der Waals surface area contributed by atoms with E-state index >= 15 is 0 Å². The highest BCUT2D eigenvalue weighted by Crippen LogP contribution is 2.41. The Hall–Kier alpha value is -1.67. The number of sulfonamides is 1. The predicted molar refractivity (Wildman–Crippen MR) is 101 cm³/mol. The molecule has 0 aromatic carbocycles. The number of hydrogen-bond acceptors (Lipinski definition) is 5. The van der Waals surface area contributed by atoms with Crippen molar-refractivity contribution < 1.29 is 8.42 Å². The molecule has 0 amide bonds. The third kappa shape index (κ3) is 2.79. The minimum atomic E-state index is -3.70. The molecule has 0 bridgehead atoms. The summed E-state index contributed by atoms with van der Waals surface area (Å²) in [6.45, 7) is 5.21. The molecule has 1 saturated heterocycles. The fourth-order valence-electron chi connectivity index (χ4n) is 4.37. The number of aromatic nitrogens is 3. The van der Waals surface area contributed by atoms with Gasteiger partial charge in [-0.2, -0.15) is 4.31 Å². The van der Waals surface area contributed by atoms with Gasteiger partial charge in [0.1, 0.15) is 11.3 Å². The number of anilines is 1. The monoisotopic (exact) mass is 377 g/mol. The summed E-state index contributed by atoms with van der Waals surface area (Å²) < 4.78 is 30.3. The van der Waals surface area contributed by atoms with Crippen LogP contribution in [0.1, 0.15) is 58.4 Å². The van der Waals surface area contributed by atoms with E-state index in [1.807, 2.05) is 4.57 Å². The van der Waals surface area contributed by atoms with Crippen LogP contribution in [0, 0.1) is 5.41 Å². The molecule has 2 fully saturated rings. The fourth-order valence-corrected chi connectivity index (χ4v) is 6.23. The minimum absolute atomic E-state index is 0.0186. The lowest BCUT2D eigenvalue weighted by Gasteiger charge is -2.25. The van der Waals surface area contributed by atoms with Crippen LogP contribution in [0.3, 0.4) is 0 Å². The van der Waals surface area contributed by atoms with E-state index in [1.165, 1.54) is 6.42 Å². The van der Waals surface area contributed by atoms with Crippen LogP contribution in [0.5, 0.6) is 0 Å². The van der Waals surface area contributed by atoms with Crippen molar-refractivity contribution in [3.05, 3.63) is 12.4 Å². The van der Waals surface area contributed by atoms with Gasteiger partial charge in [0.15, 0.2) is 10.5 Å². The average Bonchev–Trinajstić information content (AvgIpc) is 3.12. The maximum atomic E-state index is 13.4. The van der Waals surface area contributed by atoms with Gasteiger partial charge in [0.2, 0.25) is 10.0 Å². The summed E-state index contributed by atoms with van der Waals surface area (Å²) in [6, 6.07) is 0.196. The first-order valence-corrected chi connectivity index (χ1v) is 10.9. The van der Waals surface area contributed by atoms with Gasteiger partial charge in [-0.25, -0.2) is 18.4 Å². The van der Waals surface area contributed by atoms with E-state index in [2.05, 4.69) is 23.8 Å². The predicted octanol–water partition coefficient (Wildman–Crippen LogP) is 2.94. The molecule has 7 nitrogen and oxygen atoms in total. The van der Waals surface area contributed by atoms with Crippen LogP contribution in [-0.4, -0.2) is 40.3 Å². The second-order valence-corrected chi connectivity index (χ2v) is 10.2. The van der Waals surface area contributed by atoms with Gasteiger partial charge >= 0.3 is 0 Å². The molecule has 0 unspecified atom stereocenters. The number of nitrogens with two attached hydrogens (primary N) is 1. The number of rotatable bonds is 3. The summed E-state index contributed by atoms with van der Waals surface area (Å²) in [5.74, 6) is 0.294. The number of nitrogen functional groups attached to an aromatic ring is 1. The molecule has 0 atom stereocenters. The summed E-state index contributed by atoms with van der Waals surface area (Å²) in [4.78, 5) is 8.95. The quantitative estimate of drug-likeness (QED) is 0.887. The van der Waals surface area contributed by atoms with Gasteiger partial charge < -0.3 is 10.3 Å². The van der Waals surface area contributed by atoms with Crippen LogP contribution in [0.4, 0.5) is 5.82 Å². The smallest absolute Gasteiger partial charge is 0.249 e. The third-order valence-electron chi connectivity index (χ3n) is 5.79. The molecule has 3 heterocycles. The lowest BCUT2D eigenvalue weighted by Crippen LogP contribution is -2.31. The third-order valence-corrected chi connectivity index (χ3v) is 7.70. The first kappa shape index (κ1) is 17.7. The summed E-state index contributed by atoms with van der Waals surface area (Å²) in [6.07, 6.45) is 9.48. The van der Waals surface area contributed by atoms with Gasteiger partial charge in [-0.05, 0) is 24.7 Å². The molecule has 8 heteroatoms. The van der Waals surface area contributed by atoms with Crippen molar-refractivity contribution >= 4 is 27.0 Å². The fraction of sp³-hybridized carbons (Fsp3) is 0.667. The Kier molecular flexibility index (Phi) is 4.23. The van der Waals surface area contributed by atoms with E-state index in [0.29, 0.717) is 30.1 Å². The van der Waals surface area contributed by atoms with E-state index in [4.69, 9.17) is 5.73 Å². The molecule has 1 aliphatic heterocycles. The second kappa shape index (κ2) is 6.20. The molecule has 0 radical (unpaired) electrons. The van der Waals surface area contributed by atoms with Gasteiger partial charge in [0.25, 0.3) is 0 Å². The molecule has 142 valence electrons. The van der Waals surface area contributed by atoms with Crippen molar-refractivity contribution in [1.82, 2.24) is 18.8 Å². The Morgan fingerprint density at radius 3 is 2.50 bits per heavy atom. The molecular weight excluding hydrogens is 350 g/mol. The van der Waals surface area contributed by atoms with E-state index in [-0.39, 0.29) is 16.4 Å². The molecular formula is C18H27N5O2S. The molecule has 0 spiro atoms. The zero-order chi connectivity index (χ0) is 18.5. The van der Waals surface area contributed by atoms with Crippen LogP contribution >= 0.6 is 0 Å². The van der Waals surface area contributed by atoms with Crippen LogP contribution in [0.25, 0.3) is 11.2 Å². The Labute approximate surface area is 154 Å². The van der Waals surface area contributed by atoms with E-state index in [0.717, 1.165) is 32.1 Å². The van der Waals surface area contributed by atoms with Gasteiger partial charge in [0.05, 0.1) is 0 Å². The zero-order valence-electron chi connectivity index (χ0n) is 15.5. The maximum absolute atomic E-state index is 13.4. The van der Waals surface area contributed by atoms with Crippen molar-refractivity contribution in [2.45, 2.75) is 63.3 Å². The van der Waals surface area contributed by atoms with Crippen molar-refractivity contribution in [3.63, 3.8) is 0 Å². The molecule has 1 aliphatic carbocycles. The van der Waals surface area contributed by atoms with Gasteiger partial charge in [-0.1, -0.05) is 33.1 Å². The van der Waals surface area contributed by atoms with Crippen molar-refractivity contribution in [1.29, 1.82) is 0 Å². The normalized spacial score (nSPS) is 22.2. The Morgan fingerprint density at radius 2 is 1.85 bits per heavy atom. The van der Waals surface area contributed by atoms with Crippen molar-refractivity contribution in [2.75, 3.05) is 18.8 Å². The van der Waals surface area contributed by atoms with Crippen LogP contribution in [0.15, 0.2) is 17.3 Å². The first-order chi connectivity index (χ1) is 12.3. The topological polar surface area (TPSA) is 94.1 Å². The Bertz CT molecular complexity index is 928. The molecule has 2 N–H and O–H groups in total. The summed E-state index contributed by atoms with van der Waals surface area (Å²) >= 11 is 0. The van der Waals surface area contributed by atoms with E-state index in [1.54, 1.807) is 16.7 Å². The zero-order valence-corrected chi connectivity index (χ0v) is 16.3. The van der Waals surface area contributed by atoms with Crippen LogP contribution < -0.4 is 5.73 Å². The summed E-state index contributed by atoms with van der Waals surface area (Å²) in [7, 11) is -3.70. The standard InChI is InChI=1S/C18H27N5O2S/c1-18(2)8-11-22(12-18)26(24,25)15-14-17(21-10-9-20-14)23(16(15)19)13-6-4-3-5-7-13/h9-10,13H,3-8,11-12,19H2,1-2H3. The average molecular weight is 378 g/mol. The largest absolute Gasteiger partial charge is 0.384 e. The number of nitrogens with zero attached hydrogens (tertiary/aromatic N) is 4. The van der Waals surface area contributed by atoms with Gasteiger partial charge in [0, 0.05) is 31.5 Å². The molecule has 2 aromatic heterocycles. The Balaban J connectivity index is 1.87. The minimum Gasteiger partial charge on any atom is -0.384 e. The second-order valence-electron chi connectivity index (χ2n) is 8.36. The van der Waals surface area contributed by atoms with Gasteiger partial charge in [-0.15, -0.1) is 0 Å². The molecule has 26 heavy (non-hydrogen) atoms. The lowest BCUT2D eigenvalue weighted by atomic mass is 9.93. The highest BCUT2D eigenvalue weighted by Gasteiger charge is 2.40. The lowest BCUT2D eigenvalue weighted by molar-refractivity contribution is 0.361. The maximum Gasteiger partial charge on any atom is 0.249 e. The number of hydrogen-bond donors (Lipinski definition) is 1. The molecule has 1 saturated carbocycles. The first-order valence-electron chi connectivity index (χ1n) is 9.42. The molecule has 2 aromatic rings. The highest BCUT2D eigenvalue weighted by molar-refractivity contribution is 7.89. The van der Waals surface area contributed by atoms with Crippen LogP contribution in [0.2, 0.25) is 0 Å². The molecule has 2 aliphatic rings. The van der Waals surface area contributed by atoms with Crippen LogP contribution in [-0.2, 0) is 10.0 Å². The van der Waals surface area contributed by atoms with E-state index < -0.39 is 10.0 Å². The summed E-state index contributed by atoms with van der Waals surface area (Å²) in [5.41, 5.74) is 7.42. The van der Waals surface area contributed by atoms with Gasteiger partial charge in [-0.3, -0.25) is 0 Å². The van der Waals surface area contributed by atoms with Crippen molar-refractivity contribution in [3.8, 4) is 0 Å². The molecule has 4 rings (SSSR count). The van der Waals surface area contributed by atoms with Crippen molar-refractivity contribution in [2.24, 2.45) is 5.41 Å². The van der Waals surface area contributed by atoms with E-state index in [9.17, 15) is 8.42 Å². The number of fused-ring (bicyclic) bond motifs is 1. The SMILES string of the molecule is CC1(C)CCN(S(=O)(=O)c2c(N)n(C3CCCCC3)c3nccnc23)C1. The highest BCUT2D eigenvalue weighted by atomic mass is 32.2. The summed E-state index contributed by atoms with van der Waals surface area (Å²) in [5, 5.41) is 0.